The molecule has 0 bridgehead atoms. The van der Waals surface area contributed by atoms with Gasteiger partial charge >= 0.3 is 0 Å². The van der Waals surface area contributed by atoms with Crippen LogP contribution < -0.4 is 14.8 Å². The van der Waals surface area contributed by atoms with Crippen molar-refractivity contribution >= 4 is 10.2 Å². The van der Waals surface area contributed by atoms with Gasteiger partial charge in [-0.3, -0.25) is 0 Å². The Morgan fingerprint density at radius 2 is 1.94 bits per heavy atom. The van der Waals surface area contributed by atoms with Crippen molar-refractivity contribution in [3.05, 3.63) is 0 Å². The highest BCUT2D eigenvalue weighted by atomic mass is 32.2. The topological polar surface area (TPSA) is 70.2 Å². The summed E-state index contributed by atoms with van der Waals surface area (Å²) in [5.41, 5.74) is -0.330. The fourth-order valence-electron chi connectivity index (χ4n) is 2.25. The van der Waals surface area contributed by atoms with Gasteiger partial charge in [0.2, 0.25) is 0 Å². The second kappa shape index (κ2) is 5.45. The van der Waals surface area contributed by atoms with Crippen molar-refractivity contribution in [3.8, 4) is 0 Å². The minimum atomic E-state index is -3.43. The molecule has 0 saturated carbocycles. The Morgan fingerprint density at radius 1 is 1.33 bits per heavy atom. The van der Waals surface area contributed by atoms with Gasteiger partial charge in [-0.05, 0) is 45.6 Å². The molecule has 0 amide bonds. The van der Waals surface area contributed by atoms with Gasteiger partial charge in [0.1, 0.15) is 0 Å². The van der Waals surface area contributed by atoms with Crippen LogP contribution in [0.5, 0.6) is 0 Å². The lowest BCUT2D eigenvalue weighted by Crippen LogP contribution is -2.55. The lowest BCUT2D eigenvalue weighted by atomic mass is 9.78. The van der Waals surface area contributed by atoms with Crippen LogP contribution in [0.15, 0.2) is 0 Å². The maximum Gasteiger partial charge on any atom is 0.277 e. The summed E-state index contributed by atoms with van der Waals surface area (Å²) in [7, 11) is -3.43. The van der Waals surface area contributed by atoms with E-state index in [2.05, 4.69) is 28.6 Å². The van der Waals surface area contributed by atoms with Crippen LogP contribution in [-0.4, -0.2) is 33.1 Å². The molecule has 0 aromatic rings. The summed E-state index contributed by atoms with van der Waals surface area (Å²) in [4.78, 5) is 0. The molecular weight excluding hydrogens is 250 g/mol. The third kappa shape index (κ3) is 5.22. The SMILES string of the molecule is CC(C)(C)NS(=O)(=O)NCC1NCCCC1(C)C. The zero-order valence-corrected chi connectivity index (χ0v) is 12.9. The monoisotopic (exact) mass is 277 g/mol. The second-order valence-electron chi connectivity index (χ2n) is 6.80. The summed E-state index contributed by atoms with van der Waals surface area (Å²) >= 11 is 0. The Morgan fingerprint density at radius 3 is 2.44 bits per heavy atom. The molecule has 1 heterocycles. The molecule has 0 aromatic heterocycles. The smallest absolute Gasteiger partial charge is 0.277 e. The lowest BCUT2D eigenvalue weighted by molar-refractivity contribution is 0.181. The van der Waals surface area contributed by atoms with E-state index in [0.29, 0.717) is 6.54 Å². The van der Waals surface area contributed by atoms with E-state index in [1.54, 1.807) is 0 Å². The average Bonchev–Trinajstić information content (AvgIpc) is 2.11. The first kappa shape index (κ1) is 15.9. The molecule has 5 nitrogen and oxygen atoms in total. The normalized spacial score (nSPS) is 25.1. The Bertz CT molecular complexity index is 371. The summed E-state index contributed by atoms with van der Waals surface area (Å²) in [6.07, 6.45) is 2.27. The largest absolute Gasteiger partial charge is 0.312 e. The van der Waals surface area contributed by atoms with Crippen LogP contribution in [0.4, 0.5) is 0 Å². The van der Waals surface area contributed by atoms with Crippen LogP contribution in [0, 0.1) is 5.41 Å². The fraction of sp³-hybridized carbons (Fsp3) is 1.00. The number of nitrogens with one attached hydrogen (secondary N) is 3. The van der Waals surface area contributed by atoms with Crippen molar-refractivity contribution in [1.29, 1.82) is 0 Å². The van der Waals surface area contributed by atoms with Crippen LogP contribution in [0.3, 0.4) is 0 Å². The maximum atomic E-state index is 11.8. The predicted octanol–water partition coefficient (Wildman–Crippen LogP) is 0.987. The van der Waals surface area contributed by atoms with Gasteiger partial charge in [0.25, 0.3) is 10.2 Å². The minimum absolute atomic E-state index is 0.127. The molecular formula is C12H27N3O2S. The average molecular weight is 277 g/mol. The van der Waals surface area contributed by atoms with Crippen LogP contribution in [0.25, 0.3) is 0 Å². The molecule has 1 unspecified atom stereocenters. The summed E-state index contributed by atoms with van der Waals surface area (Å²) in [5, 5.41) is 3.39. The van der Waals surface area contributed by atoms with Crippen molar-refractivity contribution in [1.82, 2.24) is 14.8 Å². The van der Waals surface area contributed by atoms with Crippen LogP contribution in [-0.2, 0) is 10.2 Å². The van der Waals surface area contributed by atoms with E-state index < -0.39 is 15.7 Å². The molecule has 1 fully saturated rings. The van der Waals surface area contributed by atoms with Gasteiger partial charge in [0.05, 0.1) is 0 Å². The molecule has 0 aromatic carbocycles. The lowest BCUT2D eigenvalue weighted by Gasteiger charge is -2.39. The first-order valence-corrected chi connectivity index (χ1v) is 8.02. The first-order chi connectivity index (χ1) is 8.02. The number of rotatable bonds is 4. The Labute approximate surface area is 111 Å². The van der Waals surface area contributed by atoms with Gasteiger partial charge in [-0.15, -0.1) is 0 Å². The van der Waals surface area contributed by atoms with E-state index in [1.165, 1.54) is 0 Å². The summed E-state index contributed by atoms with van der Waals surface area (Å²) in [5.74, 6) is 0. The molecule has 1 atom stereocenters. The molecule has 1 aliphatic heterocycles. The van der Waals surface area contributed by atoms with Crippen molar-refractivity contribution in [2.45, 2.75) is 59.0 Å². The Kier molecular flexibility index (Phi) is 4.81. The molecule has 3 N–H and O–H groups in total. The summed E-state index contributed by atoms with van der Waals surface area (Å²) in [6, 6.07) is 0.183. The van der Waals surface area contributed by atoms with E-state index in [9.17, 15) is 8.42 Å². The summed E-state index contributed by atoms with van der Waals surface area (Å²) in [6.45, 7) is 11.2. The van der Waals surface area contributed by atoms with Gasteiger partial charge in [-0.2, -0.15) is 13.1 Å². The van der Waals surface area contributed by atoms with Gasteiger partial charge in [0, 0.05) is 18.1 Å². The number of piperidine rings is 1. The number of hydrogen-bond donors (Lipinski definition) is 3. The van der Waals surface area contributed by atoms with Crippen molar-refractivity contribution in [3.63, 3.8) is 0 Å². The minimum Gasteiger partial charge on any atom is -0.312 e. The zero-order valence-electron chi connectivity index (χ0n) is 12.1. The highest BCUT2D eigenvalue weighted by Crippen LogP contribution is 2.29. The quantitative estimate of drug-likeness (QED) is 0.717. The molecule has 0 radical (unpaired) electrons. The second-order valence-corrected chi connectivity index (χ2v) is 8.30. The molecule has 0 aliphatic carbocycles. The van der Waals surface area contributed by atoms with Gasteiger partial charge < -0.3 is 5.32 Å². The molecule has 0 spiro atoms. The molecule has 1 aliphatic rings. The number of hydrogen-bond acceptors (Lipinski definition) is 3. The fourth-order valence-corrected chi connectivity index (χ4v) is 3.52. The van der Waals surface area contributed by atoms with Crippen LogP contribution in [0.2, 0.25) is 0 Å². The third-order valence-corrected chi connectivity index (χ3v) is 4.68. The van der Waals surface area contributed by atoms with Crippen LogP contribution in [0.1, 0.15) is 47.5 Å². The predicted molar refractivity (Wildman–Crippen MR) is 74.6 cm³/mol. The maximum absolute atomic E-state index is 11.8. The van der Waals surface area contributed by atoms with Crippen molar-refractivity contribution < 1.29 is 8.42 Å². The Balaban J connectivity index is 2.54. The van der Waals surface area contributed by atoms with Gasteiger partial charge in [0.15, 0.2) is 0 Å². The van der Waals surface area contributed by atoms with Crippen LogP contribution >= 0.6 is 0 Å². The standard InChI is InChI=1S/C12H27N3O2S/c1-11(2,3)15-18(16,17)14-9-10-12(4,5)7-6-8-13-10/h10,13-15H,6-9H2,1-5H3. The van der Waals surface area contributed by atoms with E-state index in [-0.39, 0.29) is 11.5 Å². The molecule has 1 rings (SSSR count). The molecule has 6 heteroatoms. The van der Waals surface area contributed by atoms with E-state index >= 15 is 0 Å². The van der Waals surface area contributed by atoms with Crippen molar-refractivity contribution in [2.24, 2.45) is 5.41 Å². The highest BCUT2D eigenvalue weighted by Gasteiger charge is 2.32. The van der Waals surface area contributed by atoms with Gasteiger partial charge in [-0.1, -0.05) is 13.8 Å². The first-order valence-electron chi connectivity index (χ1n) is 6.54. The van der Waals surface area contributed by atoms with Crippen molar-refractivity contribution in [2.75, 3.05) is 13.1 Å². The molecule has 18 heavy (non-hydrogen) atoms. The Hall–Kier alpha value is -0.170. The van der Waals surface area contributed by atoms with E-state index in [4.69, 9.17) is 0 Å². The van der Waals surface area contributed by atoms with E-state index in [0.717, 1.165) is 19.4 Å². The molecule has 1 saturated heterocycles. The van der Waals surface area contributed by atoms with E-state index in [1.807, 2.05) is 20.8 Å². The van der Waals surface area contributed by atoms with Gasteiger partial charge in [-0.25, -0.2) is 4.72 Å². The highest BCUT2D eigenvalue weighted by molar-refractivity contribution is 7.87. The molecule has 108 valence electrons. The summed E-state index contributed by atoms with van der Waals surface area (Å²) < 4.78 is 28.9. The zero-order chi connectivity index (χ0) is 14.0. The third-order valence-electron chi connectivity index (χ3n) is 3.25.